The van der Waals surface area contributed by atoms with Crippen molar-refractivity contribution in [2.24, 2.45) is 0 Å². The van der Waals surface area contributed by atoms with Gasteiger partial charge in [0, 0.05) is 5.39 Å². The molecule has 0 aliphatic heterocycles. The van der Waals surface area contributed by atoms with Crippen molar-refractivity contribution in [2.45, 2.75) is 26.5 Å². The van der Waals surface area contributed by atoms with Crippen LogP contribution in [0.1, 0.15) is 36.3 Å². The molecule has 3 aromatic heterocycles. The number of carbonyl (C=O) groups is 1. The minimum atomic E-state index is -0.665. The number of ether oxygens (including phenoxy) is 1. The quantitative estimate of drug-likeness (QED) is 0.476. The third-order valence-corrected chi connectivity index (χ3v) is 4.91. The molecule has 0 fully saturated rings. The number of hydrogen-bond acceptors (Lipinski definition) is 8. The van der Waals surface area contributed by atoms with Crippen LogP contribution >= 0.6 is 11.3 Å². The highest BCUT2D eigenvalue weighted by atomic mass is 32.1. The molecule has 0 radical (unpaired) electrons. The molecular formula is C19H16N4O4S. The SMILES string of the molecule is CC(C)n1nc(C(=O)OCc2nc(-c3cccs3)no2)c2ccccc2c1=O. The molecule has 0 saturated carbocycles. The Bertz CT molecular complexity index is 1190. The predicted octanol–water partition coefficient (Wildman–Crippen LogP) is 3.45. The summed E-state index contributed by atoms with van der Waals surface area (Å²) in [6, 6.07) is 10.4. The molecule has 4 rings (SSSR count). The van der Waals surface area contributed by atoms with E-state index in [9.17, 15) is 9.59 Å². The van der Waals surface area contributed by atoms with E-state index in [1.165, 1.54) is 16.0 Å². The Morgan fingerprint density at radius 3 is 2.71 bits per heavy atom. The van der Waals surface area contributed by atoms with E-state index in [1.54, 1.807) is 24.3 Å². The molecule has 0 aliphatic carbocycles. The summed E-state index contributed by atoms with van der Waals surface area (Å²) in [7, 11) is 0. The van der Waals surface area contributed by atoms with Crippen LogP contribution in [-0.4, -0.2) is 25.9 Å². The Balaban J connectivity index is 1.61. The standard InChI is InChI=1S/C19H16N4O4S/c1-11(2)23-18(24)13-7-4-3-6-12(13)16(21-23)19(25)26-10-15-20-17(22-27-15)14-8-5-9-28-14/h3-9,11H,10H2,1-2H3. The van der Waals surface area contributed by atoms with Crippen molar-refractivity contribution in [3.05, 3.63) is 63.7 Å². The highest BCUT2D eigenvalue weighted by Crippen LogP contribution is 2.22. The van der Waals surface area contributed by atoms with Crippen LogP contribution in [0.3, 0.4) is 0 Å². The second-order valence-electron chi connectivity index (χ2n) is 6.30. The molecule has 142 valence electrons. The topological polar surface area (TPSA) is 100 Å². The molecule has 0 saturated heterocycles. The number of nitrogens with zero attached hydrogens (tertiary/aromatic N) is 4. The zero-order chi connectivity index (χ0) is 19.7. The van der Waals surface area contributed by atoms with Gasteiger partial charge in [-0.25, -0.2) is 9.48 Å². The second kappa shape index (κ2) is 7.35. The van der Waals surface area contributed by atoms with Crippen molar-refractivity contribution in [2.75, 3.05) is 0 Å². The second-order valence-corrected chi connectivity index (χ2v) is 7.25. The van der Waals surface area contributed by atoms with Gasteiger partial charge in [0.05, 0.1) is 16.3 Å². The Morgan fingerprint density at radius 2 is 2.00 bits per heavy atom. The highest BCUT2D eigenvalue weighted by Gasteiger charge is 2.20. The van der Waals surface area contributed by atoms with Gasteiger partial charge in [-0.1, -0.05) is 29.4 Å². The molecule has 8 nitrogen and oxygen atoms in total. The molecule has 0 aliphatic rings. The van der Waals surface area contributed by atoms with Gasteiger partial charge in [0.25, 0.3) is 11.4 Å². The van der Waals surface area contributed by atoms with Crippen LogP contribution < -0.4 is 5.56 Å². The van der Waals surface area contributed by atoms with E-state index in [-0.39, 0.29) is 29.8 Å². The van der Waals surface area contributed by atoms with Crippen LogP contribution in [0.25, 0.3) is 21.5 Å². The summed E-state index contributed by atoms with van der Waals surface area (Å²) < 4.78 is 11.7. The van der Waals surface area contributed by atoms with Crippen LogP contribution in [-0.2, 0) is 11.3 Å². The monoisotopic (exact) mass is 396 g/mol. The van der Waals surface area contributed by atoms with E-state index in [4.69, 9.17) is 9.26 Å². The van der Waals surface area contributed by atoms with Gasteiger partial charge < -0.3 is 9.26 Å². The number of rotatable bonds is 5. The van der Waals surface area contributed by atoms with E-state index >= 15 is 0 Å². The Morgan fingerprint density at radius 1 is 1.21 bits per heavy atom. The molecule has 0 amide bonds. The maximum absolute atomic E-state index is 12.7. The van der Waals surface area contributed by atoms with Gasteiger partial charge in [0.15, 0.2) is 12.3 Å². The first-order valence-electron chi connectivity index (χ1n) is 8.59. The van der Waals surface area contributed by atoms with Gasteiger partial charge in [-0.2, -0.15) is 10.1 Å². The summed E-state index contributed by atoms with van der Waals surface area (Å²) in [6.07, 6.45) is 0. The fourth-order valence-electron chi connectivity index (χ4n) is 2.72. The molecule has 0 N–H and O–H groups in total. The molecule has 1 aromatic carbocycles. The maximum atomic E-state index is 12.7. The molecule has 9 heteroatoms. The largest absolute Gasteiger partial charge is 0.451 e. The normalized spacial score (nSPS) is 11.2. The third-order valence-electron chi connectivity index (χ3n) is 4.05. The van der Waals surface area contributed by atoms with Crippen LogP contribution in [0.15, 0.2) is 51.1 Å². The molecule has 0 spiro atoms. The lowest BCUT2D eigenvalue weighted by Gasteiger charge is -2.12. The number of thiophene rings is 1. The first kappa shape index (κ1) is 18.1. The molecule has 0 atom stereocenters. The van der Waals surface area contributed by atoms with Crippen LogP contribution in [0.5, 0.6) is 0 Å². The first-order valence-corrected chi connectivity index (χ1v) is 9.47. The summed E-state index contributed by atoms with van der Waals surface area (Å²) >= 11 is 1.48. The number of fused-ring (bicyclic) bond motifs is 1. The molecule has 0 bridgehead atoms. The number of aromatic nitrogens is 4. The molecule has 28 heavy (non-hydrogen) atoms. The molecule has 4 aromatic rings. The Hall–Kier alpha value is -3.33. The summed E-state index contributed by atoms with van der Waals surface area (Å²) in [5.74, 6) is -0.0438. The lowest BCUT2D eigenvalue weighted by Crippen LogP contribution is -2.27. The average Bonchev–Trinajstić information content (AvgIpc) is 3.38. The van der Waals surface area contributed by atoms with E-state index in [2.05, 4.69) is 15.2 Å². The van der Waals surface area contributed by atoms with Crippen molar-refractivity contribution in [3.63, 3.8) is 0 Å². The summed E-state index contributed by atoms with van der Waals surface area (Å²) in [4.78, 5) is 30.3. The fourth-order valence-corrected chi connectivity index (χ4v) is 3.37. The molecular weight excluding hydrogens is 380 g/mol. The fraction of sp³-hybridized carbons (Fsp3) is 0.211. The maximum Gasteiger partial charge on any atom is 0.359 e. The molecule has 0 unspecified atom stereocenters. The number of benzene rings is 1. The van der Waals surface area contributed by atoms with Gasteiger partial charge in [0.1, 0.15) is 0 Å². The van der Waals surface area contributed by atoms with E-state index in [0.29, 0.717) is 16.6 Å². The van der Waals surface area contributed by atoms with Crippen molar-refractivity contribution < 1.29 is 14.1 Å². The van der Waals surface area contributed by atoms with Crippen LogP contribution in [0, 0.1) is 0 Å². The van der Waals surface area contributed by atoms with Crippen molar-refractivity contribution in [3.8, 4) is 10.7 Å². The minimum Gasteiger partial charge on any atom is -0.451 e. The Labute approximate surface area is 163 Å². The van der Waals surface area contributed by atoms with E-state index in [1.807, 2.05) is 31.4 Å². The van der Waals surface area contributed by atoms with Gasteiger partial charge >= 0.3 is 5.97 Å². The summed E-state index contributed by atoms with van der Waals surface area (Å²) in [6.45, 7) is 3.46. The van der Waals surface area contributed by atoms with Crippen LogP contribution in [0.4, 0.5) is 0 Å². The zero-order valence-corrected chi connectivity index (χ0v) is 16.0. The molecule has 3 heterocycles. The summed E-state index contributed by atoms with van der Waals surface area (Å²) in [5.41, 5.74) is -0.179. The smallest absolute Gasteiger partial charge is 0.359 e. The first-order chi connectivity index (χ1) is 13.5. The lowest BCUT2D eigenvalue weighted by molar-refractivity contribution is 0.0422. The zero-order valence-electron chi connectivity index (χ0n) is 15.2. The van der Waals surface area contributed by atoms with Gasteiger partial charge in [0.2, 0.25) is 5.82 Å². The van der Waals surface area contributed by atoms with Crippen molar-refractivity contribution >= 4 is 28.1 Å². The number of esters is 1. The van der Waals surface area contributed by atoms with Crippen molar-refractivity contribution in [1.29, 1.82) is 0 Å². The number of carbonyl (C=O) groups excluding carboxylic acids is 1. The van der Waals surface area contributed by atoms with Gasteiger partial charge in [-0.3, -0.25) is 4.79 Å². The van der Waals surface area contributed by atoms with E-state index < -0.39 is 5.97 Å². The highest BCUT2D eigenvalue weighted by molar-refractivity contribution is 7.13. The van der Waals surface area contributed by atoms with Crippen LogP contribution in [0.2, 0.25) is 0 Å². The van der Waals surface area contributed by atoms with Gasteiger partial charge in [-0.05, 0) is 31.4 Å². The predicted molar refractivity (Wildman–Crippen MR) is 103 cm³/mol. The van der Waals surface area contributed by atoms with Gasteiger partial charge in [-0.15, -0.1) is 11.3 Å². The van der Waals surface area contributed by atoms with Crippen molar-refractivity contribution in [1.82, 2.24) is 19.9 Å². The lowest BCUT2D eigenvalue weighted by atomic mass is 10.1. The average molecular weight is 396 g/mol. The third kappa shape index (κ3) is 3.31. The minimum absolute atomic E-state index is 0.0712. The number of hydrogen-bond donors (Lipinski definition) is 0. The summed E-state index contributed by atoms with van der Waals surface area (Å²) in [5, 5.41) is 10.9. The Kier molecular flexibility index (Phi) is 4.74. The van der Waals surface area contributed by atoms with E-state index in [0.717, 1.165) is 4.88 Å².